The van der Waals surface area contributed by atoms with Gasteiger partial charge in [0, 0.05) is 12.1 Å². The molecule has 10 nitrogen and oxygen atoms in total. The molecule has 0 saturated carbocycles. The molecule has 2 fully saturated rings. The van der Waals surface area contributed by atoms with Gasteiger partial charge in [0.1, 0.15) is 18.7 Å². The maximum atomic E-state index is 13.1. The Bertz CT molecular complexity index is 993. The lowest BCUT2D eigenvalue weighted by molar-refractivity contribution is -0.157. The lowest BCUT2D eigenvalue weighted by atomic mass is 10.0. The number of carbonyl (C=O) groups excluding carboxylic acids is 5. The monoisotopic (exact) mass is 442 g/mol. The lowest BCUT2D eigenvalue weighted by Gasteiger charge is -2.34. The smallest absolute Gasteiger partial charge is 0.323 e. The number of fused-ring (bicyclic) bond motifs is 1. The normalized spacial score (nSPS) is 23.8. The van der Waals surface area contributed by atoms with Gasteiger partial charge in [-0.2, -0.15) is 0 Å². The molecule has 4 rings (SSSR count). The van der Waals surface area contributed by atoms with Gasteiger partial charge in [-0.25, -0.2) is 0 Å². The van der Waals surface area contributed by atoms with Crippen LogP contribution in [0.1, 0.15) is 53.3 Å². The summed E-state index contributed by atoms with van der Waals surface area (Å²) in [6, 6.07) is 3.18. The molecule has 2 N–H and O–H groups in total. The number of benzene rings is 1. The number of likely N-dealkylation sites (N-methyl/N-ethyl adjacent to an activating group) is 1. The first-order valence-corrected chi connectivity index (χ1v) is 10.9. The number of likely N-dealkylation sites (tertiary alicyclic amines) is 2. The second-order valence-electron chi connectivity index (χ2n) is 8.14. The molecular formula is C22H26N4O6. The highest BCUT2D eigenvalue weighted by atomic mass is 16.5. The Morgan fingerprint density at radius 1 is 1.16 bits per heavy atom. The summed E-state index contributed by atoms with van der Waals surface area (Å²) in [5.41, 5.74) is 6.26. The summed E-state index contributed by atoms with van der Waals surface area (Å²) in [5.74, 6) is -2.68. The number of ether oxygens (including phenoxy) is 1. The Morgan fingerprint density at radius 2 is 1.94 bits per heavy atom. The maximum Gasteiger partial charge on any atom is 0.323 e. The minimum Gasteiger partial charge on any atom is -0.463 e. The van der Waals surface area contributed by atoms with Crippen molar-refractivity contribution in [3.05, 3.63) is 29.3 Å². The van der Waals surface area contributed by atoms with Crippen molar-refractivity contribution in [3.8, 4) is 0 Å². The van der Waals surface area contributed by atoms with Gasteiger partial charge >= 0.3 is 5.97 Å². The van der Waals surface area contributed by atoms with Gasteiger partial charge in [-0.05, 0) is 44.5 Å². The summed E-state index contributed by atoms with van der Waals surface area (Å²) in [6.07, 6.45) is 1.69. The number of amides is 4. The number of anilines is 1. The van der Waals surface area contributed by atoms with E-state index < -0.39 is 29.7 Å². The molecule has 0 aliphatic carbocycles. The van der Waals surface area contributed by atoms with Crippen LogP contribution in [0.15, 0.2) is 18.2 Å². The van der Waals surface area contributed by atoms with E-state index in [9.17, 15) is 24.0 Å². The Hall–Kier alpha value is -3.27. The number of hydrogen-bond acceptors (Lipinski definition) is 8. The van der Waals surface area contributed by atoms with E-state index in [1.807, 2.05) is 11.8 Å². The van der Waals surface area contributed by atoms with Crippen molar-refractivity contribution in [1.29, 1.82) is 0 Å². The fraction of sp³-hybridized carbons (Fsp3) is 0.500. The van der Waals surface area contributed by atoms with Crippen LogP contribution in [0.2, 0.25) is 0 Å². The van der Waals surface area contributed by atoms with Gasteiger partial charge in [-0.1, -0.05) is 13.0 Å². The average Bonchev–Trinajstić information content (AvgIpc) is 3.35. The summed E-state index contributed by atoms with van der Waals surface area (Å²) in [7, 11) is 0. The molecule has 170 valence electrons. The van der Waals surface area contributed by atoms with Gasteiger partial charge in [0.15, 0.2) is 0 Å². The minimum atomic E-state index is -1.10. The Balaban J connectivity index is 1.42. The molecule has 4 amide bonds. The molecular weight excluding hydrogens is 416 g/mol. The number of carbonyl (C=O) groups is 5. The van der Waals surface area contributed by atoms with Crippen LogP contribution >= 0.6 is 0 Å². The third kappa shape index (κ3) is 3.64. The van der Waals surface area contributed by atoms with Gasteiger partial charge in [0.25, 0.3) is 17.7 Å². The standard InChI is InChI=1S/C22H26N4O6/c1-2-24-10-4-7-16(24)22(31)32-12-11-25-17(27)9-8-15(20(25)29)26-19(28)13-5-3-6-14(23)18(13)21(26)30/h3,5-6,15-16H,2,4,7-12,23H2,1H3/t15-,16?/m0/s1. The van der Waals surface area contributed by atoms with Crippen LogP contribution in [0.3, 0.4) is 0 Å². The van der Waals surface area contributed by atoms with Crippen molar-refractivity contribution in [2.24, 2.45) is 0 Å². The minimum absolute atomic E-state index is 0.000518. The van der Waals surface area contributed by atoms with Crippen molar-refractivity contribution in [2.75, 3.05) is 32.0 Å². The predicted octanol–water partition coefficient (Wildman–Crippen LogP) is 0.410. The highest BCUT2D eigenvalue weighted by Crippen LogP contribution is 2.32. The van der Waals surface area contributed by atoms with E-state index >= 15 is 0 Å². The third-order valence-corrected chi connectivity index (χ3v) is 6.38. The van der Waals surface area contributed by atoms with E-state index in [1.54, 1.807) is 6.07 Å². The van der Waals surface area contributed by atoms with Crippen molar-refractivity contribution in [2.45, 2.75) is 44.7 Å². The van der Waals surface area contributed by atoms with Gasteiger partial charge < -0.3 is 10.5 Å². The molecule has 3 aliphatic rings. The van der Waals surface area contributed by atoms with Crippen molar-refractivity contribution in [1.82, 2.24) is 14.7 Å². The van der Waals surface area contributed by atoms with Gasteiger partial charge in [-0.3, -0.25) is 38.7 Å². The maximum absolute atomic E-state index is 13.1. The quantitative estimate of drug-likeness (QED) is 0.381. The molecule has 32 heavy (non-hydrogen) atoms. The van der Waals surface area contributed by atoms with Crippen molar-refractivity contribution >= 4 is 35.3 Å². The summed E-state index contributed by atoms with van der Waals surface area (Å²) in [4.78, 5) is 67.4. The summed E-state index contributed by atoms with van der Waals surface area (Å²) >= 11 is 0. The third-order valence-electron chi connectivity index (χ3n) is 6.38. The van der Waals surface area contributed by atoms with Gasteiger partial charge in [0.2, 0.25) is 5.91 Å². The van der Waals surface area contributed by atoms with E-state index in [-0.39, 0.29) is 54.8 Å². The van der Waals surface area contributed by atoms with Crippen LogP contribution in [-0.4, -0.2) is 82.6 Å². The van der Waals surface area contributed by atoms with Crippen LogP contribution in [0.5, 0.6) is 0 Å². The van der Waals surface area contributed by atoms with Crippen LogP contribution in [0, 0.1) is 0 Å². The molecule has 1 unspecified atom stereocenters. The first kappa shape index (κ1) is 21.9. The molecule has 0 spiro atoms. The van der Waals surface area contributed by atoms with Gasteiger partial charge in [-0.15, -0.1) is 0 Å². The van der Waals surface area contributed by atoms with Crippen molar-refractivity contribution < 1.29 is 28.7 Å². The number of nitrogens with two attached hydrogens (primary N) is 1. The zero-order valence-electron chi connectivity index (χ0n) is 17.9. The SMILES string of the molecule is CCN1CCCC1C(=O)OCCN1C(=O)CC[C@H](N2C(=O)c3cccc(N)c3C2=O)C1=O. The molecule has 2 saturated heterocycles. The average molecular weight is 442 g/mol. The zero-order chi connectivity index (χ0) is 23.0. The fourth-order valence-corrected chi connectivity index (χ4v) is 4.71. The molecule has 0 bridgehead atoms. The largest absolute Gasteiger partial charge is 0.463 e. The van der Waals surface area contributed by atoms with Crippen LogP contribution in [0.4, 0.5) is 5.69 Å². The Labute approximate surface area is 185 Å². The van der Waals surface area contributed by atoms with Crippen LogP contribution in [0.25, 0.3) is 0 Å². The molecule has 0 radical (unpaired) electrons. The summed E-state index contributed by atoms with van der Waals surface area (Å²) in [6.45, 7) is 3.31. The number of esters is 1. The number of rotatable bonds is 6. The molecule has 10 heteroatoms. The van der Waals surface area contributed by atoms with E-state index in [2.05, 4.69) is 0 Å². The first-order valence-electron chi connectivity index (χ1n) is 10.9. The molecule has 1 aromatic carbocycles. The topological polar surface area (TPSA) is 130 Å². The summed E-state index contributed by atoms with van der Waals surface area (Å²) in [5, 5.41) is 0. The number of imide groups is 2. The number of nitrogen functional groups attached to an aromatic ring is 1. The summed E-state index contributed by atoms with van der Waals surface area (Å²) < 4.78 is 5.34. The Morgan fingerprint density at radius 3 is 2.66 bits per heavy atom. The van der Waals surface area contributed by atoms with E-state index in [1.165, 1.54) is 12.1 Å². The molecule has 0 aromatic heterocycles. The Kier molecular flexibility index (Phi) is 5.96. The fourth-order valence-electron chi connectivity index (χ4n) is 4.71. The zero-order valence-corrected chi connectivity index (χ0v) is 17.9. The lowest BCUT2D eigenvalue weighted by Crippen LogP contribution is -2.56. The van der Waals surface area contributed by atoms with E-state index in [0.717, 1.165) is 35.7 Å². The van der Waals surface area contributed by atoms with Gasteiger partial charge in [0.05, 0.1) is 17.7 Å². The molecule has 3 aliphatic heterocycles. The molecule has 2 atom stereocenters. The highest BCUT2D eigenvalue weighted by Gasteiger charge is 2.47. The molecule has 3 heterocycles. The van der Waals surface area contributed by atoms with E-state index in [0.29, 0.717) is 0 Å². The first-order chi connectivity index (χ1) is 15.3. The number of nitrogens with zero attached hydrogens (tertiary/aromatic N) is 3. The number of piperidine rings is 1. The van der Waals surface area contributed by atoms with Crippen LogP contribution < -0.4 is 5.73 Å². The molecule has 1 aromatic rings. The second-order valence-corrected chi connectivity index (χ2v) is 8.14. The predicted molar refractivity (Wildman–Crippen MR) is 112 cm³/mol. The van der Waals surface area contributed by atoms with Crippen molar-refractivity contribution in [3.63, 3.8) is 0 Å². The van der Waals surface area contributed by atoms with Crippen LogP contribution in [-0.2, 0) is 19.1 Å². The highest BCUT2D eigenvalue weighted by molar-refractivity contribution is 6.25. The number of hydrogen-bond donors (Lipinski definition) is 1. The van der Waals surface area contributed by atoms with E-state index in [4.69, 9.17) is 10.5 Å². The second kappa shape index (κ2) is 8.70.